The standard InChI is InChI=1S/C9H12N2O/c1-7-3-4-11-5-8(7)9(12)6-10-2/h3-5,10H,6H2,1-2H3. The summed E-state index contributed by atoms with van der Waals surface area (Å²) in [5.74, 6) is 0.0862. The summed E-state index contributed by atoms with van der Waals surface area (Å²) in [5.41, 5.74) is 1.68. The largest absolute Gasteiger partial charge is 0.313 e. The number of hydrogen-bond donors (Lipinski definition) is 1. The maximum atomic E-state index is 11.4. The normalized spacial score (nSPS) is 9.83. The SMILES string of the molecule is CNCC(=O)c1cnccc1C. The second-order valence-electron chi connectivity index (χ2n) is 2.64. The number of rotatable bonds is 3. The van der Waals surface area contributed by atoms with Crippen molar-refractivity contribution in [3.63, 3.8) is 0 Å². The molecular formula is C9H12N2O. The minimum Gasteiger partial charge on any atom is -0.313 e. The molecule has 0 aliphatic carbocycles. The van der Waals surface area contributed by atoms with Crippen LogP contribution >= 0.6 is 0 Å². The molecule has 3 heteroatoms. The van der Waals surface area contributed by atoms with E-state index in [1.165, 1.54) is 0 Å². The van der Waals surface area contributed by atoms with Crippen LogP contribution in [0.25, 0.3) is 0 Å². The summed E-state index contributed by atoms with van der Waals surface area (Å²) in [6, 6.07) is 1.84. The van der Waals surface area contributed by atoms with Crippen molar-refractivity contribution in [3.8, 4) is 0 Å². The number of carbonyl (C=O) groups is 1. The van der Waals surface area contributed by atoms with E-state index in [4.69, 9.17) is 0 Å². The fourth-order valence-electron chi connectivity index (χ4n) is 1.01. The third kappa shape index (κ3) is 1.89. The molecule has 0 saturated heterocycles. The lowest BCUT2D eigenvalue weighted by Crippen LogP contribution is -2.19. The molecule has 0 atom stereocenters. The summed E-state index contributed by atoms with van der Waals surface area (Å²) in [4.78, 5) is 15.3. The van der Waals surface area contributed by atoms with E-state index in [-0.39, 0.29) is 5.78 Å². The highest BCUT2D eigenvalue weighted by Gasteiger charge is 2.06. The minimum atomic E-state index is 0.0862. The van der Waals surface area contributed by atoms with Gasteiger partial charge in [0, 0.05) is 18.0 Å². The van der Waals surface area contributed by atoms with Crippen molar-refractivity contribution < 1.29 is 4.79 Å². The highest BCUT2D eigenvalue weighted by atomic mass is 16.1. The molecule has 0 aromatic carbocycles. The number of aryl methyl sites for hydroxylation is 1. The number of likely N-dealkylation sites (N-methyl/N-ethyl adjacent to an activating group) is 1. The predicted octanol–water partition coefficient (Wildman–Crippen LogP) is 0.792. The second-order valence-corrected chi connectivity index (χ2v) is 2.64. The highest BCUT2D eigenvalue weighted by molar-refractivity contribution is 5.98. The van der Waals surface area contributed by atoms with E-state index in [9.17, 15) is 4.79 Å². The molecule has 0 aliphatic heterocycles. The molecule has 0 bridgehead atoms. The van der Waals surface area contributed by atoms with Crippen molar-refractivity contribution >= 4 is 5.78 Å². The van der Waals surface area contributed by atoms with E-state index in [0.29, 0.717) is 12.1 Å². The molecule has 1 rings (SSSR count). The van der Waals surface area contributed by atoms with Gasteiger partial charge in [-0.15, -0.1) is 0 Å². The summed E-state index contributed by atoms with van der Waals surface area (Å²) in [6.07, 6.45) is 3.29. The Morgan fingerprint density at radius 3 is 3.00 bits per heavy atom. The number of nitrogens with one attached hydrogen (secondary N) is 1. The molecule has 64 valence electrons. The van der Waals surface area contributed by atoms with Crippen LogP contribution in [0.5, 0.6) is 0 Å². The van der Waals surface area contributed by atoms with Crippen LogP contribution < -0.4 is 5.32 Å². The van der Waals surface area contributed by atoms with Gasteiger partial charge in [0.1, 0.15) is 0 Å². The number of hydrogen-bond acceptors (Lipinski definition) is 3. The Bertz CT molecular complexity index is 284. The van der Waals surface area contributed by atoms with Crippen molar-refractivity contribution in [2.24, 2.45) is 0 Å². The molecule has 0 amide bonds. The monoisotopic (exact) mass is 164 g/mol. The topological polar surface area (TPSA) is 42.0 Å². The minimum absolute atomic E-state index is 0.0862. The maximum Gasteiger partial charge on any atom is 0.178 e. The van der Waals surface area contributed by atoms with E-state index in [2.05, 4.69) is 10.3 Å². The molecule has 1 N–H and O–H groups in total. The average Bonchev–Trinajstić information content (AvgIpc) is 2.05. The van der Waals surface area contributed by atoms with Gasteiger partial charge in [0.15, 0.2) is 5.78 Å². The molecule has 0 spiro atoms. The van der Waals surface area contributed by atoms with E-state index in [1.54, 1.807) is 19.4 Å². The lowest BCUT2D eigenvalue weighted by Gasteiger charge is -2.01. The summed E-state index contributed by atoms with van der Waals surface area (Å²) < 4.78 is 0. The van der Waals surface area contributed by atoms with E-state index < -0.39 is 0 Å². The first-order valence-corrected chi connectivity index (χ1v) is 3.84. The predicted molar refractivity (Wildman–Crippen MR) is 47.2 cm³/mol. The number of pyridine rings is 1. The van der Waals surface area contributed by atoms with Gasteiger partial charge in [0.25, 0.3) is 0 Å². The zero-order valence-electron chi connectivity index (χ0n) is 7.29. The van der Waals surface area contributed by atoms with Crippen molar-refractivity contribution in [3.05, 3.63) is 29.6 Å². The van der Waals surface area contributed by atoms with Gasteiger partial charge >= 0.3 is 0 Å². The van der Waals surface area contributed by atoms with Gasteiger partial charge in [-0.25, -0.2) is 0 Å². The first-order valence-electron chi connectivity index (χ1n) is 3.84. The number of nitrogens with zero attached hydrogens (tertiary/aromatic N) is 1. The summed E-state index contributed by atoms with van der Waals surface area (Å²) >= 11 is 0. The van der Waals surface area contributed by atoms with Crippen molar-refractivity contribution in [1.82, 2.24) is 10.3 Å². The number of ketones is 1. The van der Waals surface area contributed by atoms with Crippen molar-refractivity contribution in [2.45, 2.75) is 6.92 Å². The van der Waals surface area contributed by atoms with Gasteiger partial charge in [0.2, 0.25) is 0 Å². The molecule has 0 fully saturated rings. The number of aromatic nitrogens is 1. The summed E-state index contributed by atoms with van der Waals surface area (Å²) in [7, 11) is 1.75. The maximum absolute atomic E-state index is 11.4. The molecule has 1 heterocycles. The Kier molecular flexibility index (Phi) is 2.94. The molecule has 12 heavy (non-hydrogen) atoms. The molecule has 0 radical (unpaired) electrons. The van der Waals surface area contributed by atoms with E-state index in [0.717, 1.165) is 5.56 Å². The number of Topliss-reactive ketones (excluding diaryl/α,β-unsaturated/α-hetero) is 1. The zero-order valence-corrected chi connectivity index (χ0v) is 7.29. The Morgan fingerprint density at radius 2 is 2.42 bits per heavy atom. The molecular weight excluding hydrogens is 152 g/mol. The molecule has 1 aromatic rings. The Labute approximate surface area is 71.8 Å². The lowest BCUT2D eigenvalue weighted by atomic mass is 10.1. The van der Waals surface area contributed by atoms with Crippen LogP contribution in [0.1, 0.15) is 15.9 Å². The van der Waals surface area contributed by atoms with Crippen molar-refractivity contribution in [2.75, 3.05) is 13.6 Å². The van der Waals surface area contributed by atoms with Crippen molar-refractivity contribution in [1.29, 1.82) is 0 Å². The fraction of sp³-hybridized carbons (Fsp3) is 0.333. The van der Waals surface area contributed by atoms with Gasteiger partial charge < -0.3 is 5.32 Å². The first kappa shape index (κ1) is 8.87. The Balaban J connectivity index is 2.87. The highest BCUT2D eigenvalue weighted by Crippen LogP contribution is 2.04. The molecule has 0 aliphatic rings. The van der Waals surface area contributed by atoms with Gasteiger partial charge in [-0.3, -0.25) is 9.78 Å². The fourth-order valence-corrected chi connectivity index (χ4v) is 1.01. The van der Waals surface area contributed by atoms with E-state index >= 15 is 0 Å². The second kappa shape index (κ2) is 3.97. The van der Waals surface area contributed by atoms with Crippen LogP contribution in [0, 0.1) is 6.92 Å². The number of carbonyl (C=O) groups excluding carboxylic acids is 1. The summed E-state index contributed by atoms with van der Waals surface area (Å²) in [5, 5.41) is 2.82. The van der Waals surface area contributed by atoms with Gasteiger partial charge in [0.05, 0.1) is 6.54 Å². The molecule has 0 unspecified atom stereocenters. The van der Waals surface area contributed by atoms with Crippen LogP contribution in [0.4, 0.5) is 0 Å². The van der Waals surface area contributed by atoms with Crippen LogP contribution in [-0.4, -0.2) is 24.4 Å². The van der Waals surface area contributed by atoms with Gasteiger partial charge in [-0.2, -0.15) is 0 Å². The van der Waals surface area contributed by atoms with Crippen LogP contribution in [0.15, 0.2) is 18.5 Å². The summed E-state index contributed by atoms with van der Waals surface area (Å²) in [6.45, 7) is 2.27. The third-order valence-electron chi connectivity index (χ3n) is 1.68. The van der Waals surface area contributed by atoms with Gasteiger partial charge in [-0.05, 0) is 25.6 Å². The molecule has 1 aromatic heterocycles. The molecule has 3 nitrogen and oxygen atoms in total. The lowest BCUT2D eigenvalue weighted by molar-refractivity contribution is 0.0992. The molecule has 0 saturated carbocycles. The smallest absolute Gasteiger partial charge is 0.178 e. The quantitative estimate of drug-likeness (QED) is 0.672. The Hall–Kier alpha value is -1.22. The zero-order chi connectivity index (χ0) is 8.97. The third-order valence-corrected chi connectivity index (χ3v) is 1.68. The van der Waals surface area contributed by atoms with E-state index in [1.807, 2.05) is 13.0 Å². The first-order chi connectivity index (χ1) is 5.75. The Morgan fingerprint density at radius 1 is 1.67 bits per heavy atom. The van der Waals surface area contributed by atoms with Gasteiger partial charge in [-0.1, -0.05) is 0 Å². The van der Waals surface area contributed by atoms with Crippen LogP contribution in [0.3, 0.4) is 0 Å². The van der Waals surface area contributed by atoms with Crippen LogP contribution in [-0.2, 0) is 0 Å². The van der Waals surface area contributed by atoms with Crippen LogP contribution in [0.2, 0.25) is 0 Å². The average molecular weight is 164 g/mol.